The minimum atomic E-state index is 0.593. The number of nitrogens with one attached hydrogen (secondary N) is 1. The molecule has 1 saturated heterocycles. The van der Waals surface area contributed by atoms with Gasteiger partial charge in [-0.1, -0.05) is 11.6 Å². The Morgan fingerprint density at radius 2 is 2.00 bits per heavy atom. The molecule has 3 aromatic rings. The molecule has 0 saturated carbocycles. The molecular formula is C15H18ClN7. The van der Waals surface area contributed by atoms with Crippen LogP contribution in [0.25, 0.3) is 11.0 Å². The van der Waals surface area contributed by atoms with Crippen LogP contribution in [0, 0.1) is 0 Å². The molecule has 0 unspecified atom stereocenters. The van der Waals surface area contributed by atoms with Crippen molar-refractivity contribution in [1.29, 1.82) is 0 Å². The van der Waals surface area contributed by atoms with Crippen molar-refractivity contribution in [3.05, 3.63) is 35.8 Å². The van der Waals surface area contributed by atoms with E-state index in [0.29, 0.717) is 5.15 Å². The van der Waals surface area contributed by atoms with Crippen LogP contribution >= 0.6 is 11.6 Å². The number of fused-ring (bicyclic) bond motifs is 1. The standard InChI is InChI=1S/C15H18ClN7/c1-21-3-2-17-13(21)9-22-4-6-23(7-5-22)15-11-8-12(16)20-14(11)18-10-19-15/h2-3,8,10H,4-7,9H2,1H3,(H,18,19,20). The molecule has 1 N–H and O–H groups in total. The lowest BCUT2D eigenvalue weighted by molar-refractivity contribution is 0.241. The topological polar surface area (TPSA) is 65.9 Å². The second kappa shape index (κ2) is 5.82. The van der Waals surface area contributed by atoms with Gasteiger partial charge in [-0.25, -0.2) is 15.0 Å². The number of halogens is 1. The van der Waals surface area contributed by atoms with E-state index >= 15 is 0 Å². The summed E-state index contributed by atoms with van der Waals surface area (Å²) in [5.41, 5.74) is 0.787. The van der Waals surface area contributed by atoms with Crippen molar-refractivity contribution in [3.63, 3.8) is 0 Å². The summed E-state index contributed by atoms with van der Waals surface area (Å²) >= 11 is 6.05. The molecular weight excluding hydrogens is 314 g/mol. The number of hydrogen-bond acceptors (Lipinski definition) is 5. The zero-order valence-corrected chi connectivity index (χ0v) is 13.7. The fourth-order valence-corrected chi connectivity index (χ4v) is 3.21. The fraction of sp³-hybridized carbons (Fsp3) is 0.400. The van der Waals surface area contributed by atoms with Crippen LogP contribution < -0.4 is 4.90 Å². The lowest BCUT2D eigenvalue weighted by atomic mass is 10.2. The molecule has 0 aliphatic carbocycles. The van der Waals surface area contributed by atoms with E-state index in [4.69, 9.17) is 11.6 Å². The quantitative estimate of drug-likeness (QED) is 0.791. The SMILES string of the molecule is Cn1ccnc1CN1CCN(c2ncnc3[nH]c(Cl)cc23)CC1. The molecule has 4 rings (SSSR count). The number of rotatable bonds is 3. The Balaban J connectivity index is 1.47. The molecule has 1 aliphatic heterocycles. The third-order valence-electron chi connectivity index (χ3n) is 4.33. The fourth-order valence-electron chi connectivity index (χ4n) is 3.01. The van der Waals surface area contributed by atoms with Crippen LogP contribution in [-0.4, -0.2) is 55.6 Å². The van der Waals surface area contributed by atoms with Crippen molar-refractivity contribution in [2.75, 3.05) is 31.1 Å². The Morgan fingerprint density at radius 1 is 1.17 bits per heavy atom. The maximum Gasteiger partial charge on any atom is 0.144 e. The molecule has 0 radical (unpaired) electrons. The van der Waals surface area contributed by atoms with Gasteiger partial charge in [0, 0.05) is 45.6 Å². The first kappa shape index (κ1) is 14.5. The number of hydrogen-bond donors (Lipinski definition) is 1. The Labute approximate surface area is 138 Å². The molecule has 3 aromatic heterocycles. The average Bonchev–Trinajstić information content (AvgIpc) is 3.13. The first-order valence-corrected chi connectivity index (χ1v) is 8.01. The predicted molar refractivity (Wildman–Crippen MR) is 89.6 cm³/mol. The van der Waals surface area contributed by atoms with Gasteiger partial charge in [0.15, 0.2) is 0 Å². The number of H-pyrrole nitrogens is 1. The summed E-state index contributed by atoms with van der Waals surface area (Å²) in [6.07, 6.45) is 5.42. The molecule has 4 heterocycles. The normalized spacial score (nSPS) is 16.3. The maximum absolute atomic E-state index is 6.05. The van der Waals surface area contributed by atoms with E-state index in [9.17, 15) is 0 Å². The summed E-state index contributed by atoms with van der Waals surface area (Å²) in [7, 11) is 2.03. The Kier molecular flexibility index (Phi) is 3.66. The van der Waals surface area contributed by atoms with Crippen LogP contribution in [0.15, 0.2) is 24.8 Å². The summed E-state index contributed by atoms with van der Waals surface area (Å²) in [5, 5.41) is 1.57. The average molecular weight is 332 g/mol. The number of imidazole rings is 1. The van der Waals surface area contributed by atoms with Gasteiger partial charge in [0.25, 0.3) is 0 Å². The summed E-state index contributed by atoms with van der Waals surface area (Å²) < 4.78 is 2.07. The highest BCUT2D eigenvalue weighted by molar-refractivity contribution is 6.30. The number of aromatic amines is 1. The largest absolute Gasteiger partial charge is 0.353 e. The summed E-state index contributed by atoms with van der Waals surface area (Å²) in [6, 6.07) is 1.90. The molecule has 120 valence electrons. The second-order valence-corrected chi connectivity index (χ2v) is 6.20. The van der Waals surface area contributed by atoms with Crippen molar-refractivity contribution in [2.45, 2.75) is 6.54 Å². The highest BCUT2D eigenvalue weighted by Crippen LogP contribution is 2.26. The molecule has 0 bridgehead atoms. The Bertz CT molecular complexity index is 816. The van der Waals surface area contributed by atoms with Crippen molar-refractivity contribution in [1.82, 2.24) is 29.4 Å². The molecule has 1 aliphatic rings. The minimum absolute atomic E-state index is 0.593. The van der Waals surface area contributed by atoms with Gasteiger partial charge in [-0.05, 0) is 6.07 Å². The number of aromatic nitrogens is 5. The first-order chi connectivity index (χ1) is 11.2. The van der Waals surface area contributed by atoms with Crippen molar-refractivity contribution < 1.29 is 0 Å². The monoisotopic (exact) mass is 331 g/mol. The zero-order valence-electron chi connectivity index (χ0n) is 12.9. The van der Waals surface area contributed by atoms with Gasteiger partial charge < -0.3 is 14.5 Å². The van der Waals surface area contributed by atoms with Crippen LogP contribution in [0.1, 0.15) is 5.82 Å². The molecule has 8 heteroatoms. The van der Waals surface area contributed by atoms with E-state index in [1.54, 1.807) is 6.33 Å². The minimum Gasteiger partial charge on any atom is -0.353 e. The van der Waals surface area contributed by atoms with Gasteiger partial charge in [-0.2, -0.15) is 0 Å². The molecule has 0 amide bonds. The molecule has 0 atom stereocenters. The van der Waals surface area contributed by atoms with Crippen molar-refractivity contribution in [2.24, 2.45) is 7.05 Å². The number of anilines is 1. The highest BCUT2D eigenvalue weighted by Gasteiger charge is 2.21. The van der Waals surface area contributed by atoms with Crippen molar-refractivity contribution in [3.8, 4) is 0 Å². The predicted octanol–water partition coefficient (Wildman–Crippen LogP) is 1.67. The molecule has 1 fully saturated rings. The van der Waals surface area contributed by atoms with Crippen LogP contribution in [0.5, 0.6) is 0 Å². The molecule has 0 spiro atoms. The maximum atomic E-state index is 6.05. The van der Waals surface area contributed by atoms with E-state index in [1.165, 1.54) is 0 Å². The summed E-state index contributed by atoms with van der Waals surface area (Å²) in [4.78, 5) is 20.9. The molecule has 23 heavy (non-hydrogen) atoms. The van der Waals surface area contributed by atoms with Gasteiger partial charge in [0.1, 0.15) is 28.8 Å². The van der Waals surface area contributed by atoms with Crippen LogP contribution in [-0.2, 0) is 13.6 Å². The van der Waals surface area contributed by atoms with Gasteiger partial charge in [-0.3, -0.25) is 4.90 Å². The van der Waals surface area contributed by atoms with Gasteiger partial charge in [0.05, 0.1) is 11.9 Å². The lowest BCUT2D eigenvalue weighted by Gasteiger charge is -2.35. The highest BCUT2D eigenvalue weighted by atomic mass is 35.5. The van der Waals surface area contributed by atoms with E-state index in [1.807, 2.05) is 25.5 Å². The van der Waals surface area contributed by atoms with Crippen LogP contribution in [0.2, 0.25) is 5.15 Å². The number of aryl methyl sites for hydroxylation is 1. The van der Waals surface area contributed by atoms with Crippen molar-refractivity contribution >= 4 is 28.5 Å². The molecule has 7 nitrogen and oxygen atoms in total. The van der Waals surface area contributed by atoms with Gasteiger partial charge in [-0.15, -0.1) is 0 Å². The van der Waals surface area contributed by atoms with E-state index in [2.05, 4.69) is 34.3 Å². The molecule has 0 aromatic carbocycles. The Morgan fingerprint density at radius 3 is 2.74 bits per heavy atom. The third kappa shape index (κ3) is 2.77. The van der Waals surface area contributed by atoms with E-state index < -0.39 is 0 Å². The smallest absolute Gasteiger partial charge is 0.144 e. The van der Waals surface area contributed by atoms with E-state index in [-0.39, 0.29) is 0 Å². The summed E-state index contributed by atoms with van der Waals surface area (Å²) in [6.45, 7) is 4.71. The lowest BCUT2D eigenvalue weighted by Crippen LogP contribution is -2.46. The van der Waals surface area contributed by atoms with E-state index in [0.717, 1.165) is 55.4 Å². The zero-order chi connectivity index (χ0) is 15.8. The van der Waals surface area contributed by atoms with Crippen LogP contribution in [0.3, 0.4) is 0 Å². The third-order valence-corrected chi connectivity index (χ3v) is 4.53. The van der Waals surface area contributed by atoms with Gasteiger partial charge >= 0.3 is 0 Å². The number of nitrogens with zero attached hydrogens (tertiary/aromatic N) is 6. The second-order valence-electron chi connectivity index (χ2n) is 5.79. The summed E-state index contributed by atoms with van der Waals surface area (Å²) in [5.74, 6) is 2.05. The first-order valence-electron chi connectivity index (χ1n) is 7.63. The Hall–Kier alpha value is -2.12. The van der Waals surface area contributed by atoms with Crippen LogP contribution in [0.4, 0.5) is 5.82 Å². The number of piperazine rings is 1. The van der Waals surface area contributed by atoms with Gasteiger partial charge in [0.2, 0.25) is 0 Å².